The fourth-order valence-electron chi connectivity index (χ4n) is 5.18. The quantitative estimate of drug-likeness (QED) is 0.675. The molecule has 2 fully saturated rings. The van der Waals surface area contributed by atoms with Crippen molar-refractivity contribution in [2.24, 2.45) is 11.8 Å². The maximum Gasteiger partial charge on any atom is 0.289 e. The molecule has 1 aromatic heterocycles. The van der Waals surface area contributed by atoms with Gasteiger partial charge in [-0.1, -0.05) is 36.4 Å². The summed E-state index contributed by atoms with van der Waals surface area (Å²) in [5, 5.41) is 0.503. The Labute approximate surface area is 169 Å². The molecule has 0 unspecified atom stereocenters. The topological polar surface area (TPSA) is 53.8 Å². The number of fused-ring (bicyclic) bond motifs is 2. The van der Waals surface area contributed by atoms with Gasteiger partial charge in [0.15, 0.2) is 11.2 Å². The molecule has 0 spiro atoms. The minimum atomic E-state index is -0.187. The van der Waals surface area contributed by atoms with Crippen molar-refractivity contribution < 1.29 is 9.21 Å². The summed E-state index contributed by atoms with van der Waals surface area (Å²) >= 11 is 0. The standard InChI is InChI=1S/C24H24N2O3/c1-15-7-3-4-8-17(15)23-19-14-26(13-16(19)12-25(23)2)24(28)22-11-20(27)18-9-5-6-10-21(18)29-22/h3-11,16,19,23H,12-14H2,1-2H3/t16-,19+,23+/m0/s1. The highest BCUT2D eigenvalue weighted by Crippen LogP contribution is 2.45. The van der Waals surface area contributed by atoms with Gasteiger partial charge in [-0.05, 0) is 43.1 Å². The normalized spacial score (nSPS) is 24.2. The summed E-state index contributed by atoms with van der Waals surface area (Å²) in [4.78, 5) is 29.8. The van der Waals surface area contributed by atoms with E-state index in [1.165, 1.54) is 17.2 Å². The Hall–Kier alpha value is -2.92. The van der Waals surface area contributed by atoms with Gasteiger partial charge >= 0.3 is 0 Å². The summed E-state index contributed by atoms with van der Waals surface area (Å²) in [6.07, 6.45) is 0. The molecular formula is C24H24N2O3. The van der Waals surface area contributed by atoms with E-state index in [2.05, 4.69) is 43.1 Å². The highest BCUT2D eigenvalue weighted by Gasteiger charge is 2.47. The molecule has 0 bridgehead atoms. The molecule has 148 valence electrons. The Morgan fingerprint density at radius 2 is 1.79 bits per heavy atom. The van der Waals surface area contributed by atoms with Gasteiger partial charge in [0.1, 0.15) is 5.58 Å². The van der Waals surface area contributed by atoms with Gasteiger partial charge in [-0.2, -0.15) is 0 Å². The Morgan fingerprint density at radius 1 is 1.03 bits per heavy atom. The van der Waals surface area contributed by atoms with E-state index in [9.17, 15) is 9.59 Å². The number of amides is 1. The summed E-state index contributed by atoms with van der Waals surface area (Å²) in [6, 6.07) is 17.2. The first-order valence-corrected chi connectivity index (χ1v) is 10.1. The molecule has 3 heterocycles. The third-order valence-corrected chi connectivity index (χ3v) is 6.53. The van der Waals surface area contributed by atoms with Gasteiger partial charge in [0.05, 0.1) is 5.39 Å². The maximum absolute atomic E-state index is 13.1. The van der Waals surface area contributed by atoms with Crippen molar-refractivity contribution in [1.82, 2.24) is 9.80 Å². The van der Waals surface area contributed by atoms with E-state index in [1.54, 1.807) is 18.2 Å². The summed E-state index contributed by atoms with van der Waals surface area (Å²) in [7, 11) is 2.17. The molecule has 2 aliphatic rings. The van der Waals surface area contributed by atoms with Crippen molar-refractivity contribution in [3.8, 4) is 0 Å². The van der Waals surface area contributed by atoms with Gasteiger partial charge in [0, 0.05) is 37.7 Å². The zero-order valence-electron chi connectivity index (χ0n) is 16.7. The first kappa shape index (κ1) is 18.1. The Morgan fingerprint density at radius 3 is 2.62 bits per heavy atom. The lowest BCUT2D eigenvalue weighted by Crippen LogP contribution is -2.34. The lowest BCUT2D eigenvalue weighted by atomic mass is 9.88. The minimum Gasteiger partial charge on any atom is -0.451 e. The molecule has 0 saturated carbocycles. The van der Waals surface area contributed by atoms with Crippen LogP contribution in [0.2, 0.25) is 0 Å². The van der Waals surface area contributed by atoms with Crippen LogP contribution in [0.5, 0.6) is 0 Å². The molecule has 1 amide bonds. The monoisotopic (exact) mass is 388 g/mol. The number of carbonyl (C=O) groups is 1. The molecule has 3 atom stereocenters. The fraction of sp³-hybridized carbons (Fsp3) is 0.333. The van der Waals surface area contributed by atoms with E-state index in [1.807, 2.05) is 11.0 Å². The highest BCUT2D eigenvalue weighted by molar-refractivity contribution is 5.93. The van der Waals surface area contributed by atoms with Crippen molar-refractivity contribution in [2.75, 3.05) is 26.7 Å². The zero-order chi connectivity index (χ0) is 20.1. The van der Waals surface area contributed by atoms with Gasteiger partial charge < -0.3 is 9.32 Å². The summed E-state index contributed by atoms with van der Waals surface area (Å²) in [5.41, 5.74) is 2.91. The largest absolute Gasteiger partial charge is 0.451 e. The molecule has 0 aliphatic carbocycles. The smallest absolute Gasteiger partial charge is 0.289 e. The molecular weight excluding hydrogens is 364 g/mol. The number of likely N-dealkylation sites (tertiary alicyclic amines) is 2. The van der Waals surface area contributed by atoms with Gasteiger partial charge in [-0.15, -0.1) is 0 Å². The lowest BCUT2D eigenvalue weighted by Gasteiger charge is -2.28. The number of benzene rings is 2. The van der Waals surface area contributed by atoms with Crippen LogP contribution < -0.4 is 5.43 Å². The number of nitrogens with zero attached hydrogens (tertiary/aromatic N) is 2. The summed E-state index contributed by atoms with van der Waals surface area (Å²) < 4.78 is 5.79. The van der Waals surface area contributed by atoms with E-state index in [0.29, 0.717) is 41.9 Å². The van der Waals surface area contributed by atoms with Crippen LogP contribution in [0.4, 0.5) is 0 Å². The highest BCUT2D eigenvalue weighted by atomic mass is 16.3. The molecule has 5 heteroatoms. The summed E-state index contributed by atoms with van der Waals surface area (Å²) in [5.74, 6) is 0.765. The lowest BCUT2D eigenvalue weighted by molar-refractivity contribution is 0.0737. The van der Waals surface area contributed by atoms with Crippen molar-refractivity contribution >= 4 is 16.9 Å². The molecule has 2 aromatic carbocycles. The Kier molecular flexibility index (Phi) is 4.28. The fourth-order valence-corrected chi connectivity index (χ4v) is 5.18. The number of hydrogen-bond donors (Lipinski definition) is 0. The Bertz CT molecular complexity index is 1150. The predicted octanol–water partition coefficient (Wildman–Crippen LogP) is 3.48. The van der Waals surface area contributed by atoms with Crippen LogP contribution in [0.1, 0.15) is 27.7 Å². The van der Waals surface area contributed by atoms with Crippen molar-refractivity contribution in [2.45, 2.75) is 13.0 Å². The second kappa shape index (κ2) is 6.85. The van der Waals surface area contributed by atoms with Gasteiger partial charge in [0.2, 0.25) is 0 Å². The molecule has 5 rings (SSSR count). The van der Waals surface area contributed by atoms with Crippen LogP contribution in [0.15, 0.2) is 63.8 Å². The van der Waals surface area contributed by atoms with Crippen LogP contribution in [0.3, 0.4) is 0 Å². The van der Waals surface area contributed by atoms with Crippen molar-refractivity contribution in [3.05, 3.63) is 81.7 Å². The number of hydrogen-bond acceptors (Lipinski definition) is 4. The maximum atomic E-state index is 13.1. The zero-order valence-corrected chi connectivity index (χ0v) is 16.7. The third-order valence-electron chi connectivity index (χ3n) is 6.53. The molecule has 2 saturated heterocycles. The number of carbonyl (C=O) groups excluding carboxylic acids is 1. The van der Waals surface area contributed by atoms with Gasteiger partial charge in [-0.3, -0.25) is 14.5 Å². The first-order chi connectivity index (χ1) is 14.0. The number of aryl methyl sites for hydroxylation is 1. The van der Waals surface area contributed by atoms with E-state index >= 15 is 0 Å². The molecule has 0 N–H and O–H groups in total. The van der Waals surface area contributed by atoms with Crippen molar-refractivity contribution in [1.29, 1.82) is 0 Å². The SMILES string of the molecule is Cc1ccccc1[C@@H]1[C@@H]2CN(C(=O)c3cc(=O)c4ccccc4o3)C[C@@H]2CN1C. The molecule has 5 nitrogen and oxygen atoms in total. The van der Waals surface area contributed by atoms with E-state index < -0.39 is 0 Å². The van der Waals surface area contributed by atoms with Crippen LogP contribution in [-0.4, -0.2) is 42.4 Å². The minimum absolute atomic E-state index is 0.134. The van der Waals surface area contributed by atoms with E-state index in [4.69, 9.17) is 4.42 Å². The van der Waals surface area contributed by atoms with Gasteiger partial charge in [-0.25, -0.2) is 0 Å². The van der Waals surface area contributed by atoms with Crippen LogP contribution in [-0.2, 0) is 0 Å². The van der Waals surface area contributed by atoms with E-state index in [-0.39, 0.29) is 17.1 Å². The molecule has 29 heavy (non-hydrogen) atoms. The molecule has 2 aliphatic heterocycles. The van der Waals surface area contributed by atoms with Crippen LogP contribution in [0.25, 0.3) is 11.0 Å². The third kappa shape index (κ3) is 2.97. The van der Waals surface area contributed by atoms with Crippen LogP contribution >= 0.6 is 0 Å². The number of rotatable bonds is 2. The predicted molar refractivity (Wildman–Crippen MR) is 112 cm³/mol. The van der Waals surface area contributed by atoms with Crippen LogP contribution in [0, 0.1) is 18.8 Å². The molecule has 0 radical (unpaired) electrons. The second-order valence-electron chi connectivity index (χ2n) is 8.35. The average Bonchev–Trinajstić information content (AvgIpc) is 3.25. The summed E-state index contributed by atoms with van der Waals surface area (Å²) in [6.45, 7) is 4.50. The second-order valence-corrected chi connectivity index (χ2v) is 8.35. The first-order valence-electron chi connectivity index (χ1n) is 10.1. The molecule has 3 aromatic rings. The average molecular weight is 388 g/mol. The van der Waals surface area contributed by atoms with Crippen molar-refractivity contribution in [3.63, 3.8) is 0 Å². The number of para-hydroxylation sites is 1. The Balaban J connectivity index is 1.43. The van der Waals surface area contributed by atoms with Gasteiger partial charge in [0.25, 0.3) is 5.91 Å². The van der Waals surface area contributed by atoms with E-state index in [0.717, 1.165) is 6.54 Å².